The van der Waals surface area contributed by atoms with Crippen LogP contribution < -0.4 is 10.1 Å². The maximum atomic E-state index is 13.5. The molecule has 0 heterocycles. The zero-order valence-electron chi connectivity index (χ0n) is 15.7. The van der Waals surface area contributed by atoms with E-state index >= 15 is 0 Å². The molecule has 2 aromatic rings. The van der Waals surface area contributed by atoms with E-state index in [2.05, 4.69) is 5.32 Å². The van der Waals surface area contributed by atoms with Crippen molar-refractivity contribution >= 4 is 11.9 Å². The van der Waals surface area contributed by atoms with Gasteiger partial charge < -0.3 is 14.8 Å². The van der Waals surface area contributed by atoms with E-state index < -0.39 is 29.3 Å². The molecule has 0 aliphatic heterocycles. The van der Waals surface area contributed by atoms with Crippen LogP contribution in [0.4, 0.5) is 4.39 Å². The lowest BCUT2D eigenvalue weighted by Crippen LogP contribution is -2.38. The van der Waals surface area contributed by atoms with E-state index in [1.165, 1.54) is 12.1 Å². The van der Waals surface area contributed by atoms with Crippen molar-refractivity contribution < 1.29 is 23.5 Å². The van der Waals surface area contributed by atoms with Crippen LogP contribution in [0.5, 0.6) is 5.75 Å². The highest BCUT2D eigenvalue weighted by atomic mass is 19.1. The third-order valence-corrected chi connectivity index (χ3v) is 3.50. The summed E-state index contributed by atoms with van der Waals surface area (Å²) in [7, 11) is 0. The minimum absolute atomic E-state index is 0.0113. The molecule has 1 N–H and O–H groups in total. The normalized spacial score (nSPS) is 12.1. The van der Waals surface area contributed by atoms with E-state index in [-0.39, 0.29) is 18.8 Å². The summed E-state index contributed by atoms with van der Waals surface area (Å²) in [5.74, 6) is -1.35. The topological polar surface area (TPSA) is 64.6 Å². The van der Waals surface area contributed by atoms with Gasteiger partial charge in [-0.15, -0.1) is 0 Å². The monoisotopic (exact) mass is 373 g/mol. The minimum Gasteiger partial charge on any atom is -0.490 e. The van der Waals surface area contributed by atoms with Gasteiger partial charge in [-0.1, -0.05) is 42.5 Å². The Labute approximate surface area is 158 Å². The number of amides is 1. The standard InChI is InChI=1S/C21H24FNO4/c1-21(2,3)27-20(25)19(15-9-5-4-6-10-15)23-18(24)13-14-26-17-12-8-7-11-16(17)22/h4-12,19H,13-14H2,1-3H3,(H,23,24)/t19-/m0/s1. The minimum atomic E-state index is -0.925. The highest BCUT2D eigenvalue weighted by molar-refractivity contribution is 5.85. The number of hydrogen-bond acceptors (Lipinski definition) is 4. The smallest absolute Gasteiger partial charge is 0.333 e. The predicted octanol–water partition coefficient (Wildman–Crippen LogP) is 3.79. The first kappa shape index (κ1) is 20.4. The van der Waals surface area contributed by atoms with Gasteiger partial charge >= 0.3 is 5.97 Å². The van der Waals surface area contributed by atoms with Crippen LogP contribution in [0.1, 0.15) is 38.8 Å². The van der Waals surface area contributed by atoms with Gasteiger partial charge in [0.25, 0.3) is 0 Å². The number of para-hydroxylation sites is 1. The molecule has 5 nitrogen and oxygen atoms in total. The maximum Gasteiger partial charge on any atom is 0.333 e. The van der Waals surface area contributed by atoms with Crippen LogP contribution in [0.15, 0.2) is 54.6 Å². The molecular weight excluding hydrogens is 349 g/mol. The van der Waals surface area contributed by atoms with Crippen molar-refractivity contribution in [1.29, 1.82) is 0 Å². The number of hydrogen-bond donors (Lipinski definition) is 1. The lowest BCUT2D eigenvalue weighted by molar-refractivity contribution is -0.159. The summed E-state index contributed by atoms with van der Waals surface area (Å²) in [6.07, 6.45) is -0.0273. The summed E-state index contributed by atoms with van der Waals surface area (Å²) < 4.78 is 24.2. The molecule has 0 unspecified atom stereocenters. The highest BCUT2D eigenvalue weighted by Crippen LogP contribution is 2.19. The number of nitrogens with one attached hydrogen (secondary N) is 1. The van der Waals surface area contributed by atoms with Crippen LogP contribution in [-0.2, 0) is 14.3 Å². The summed E-state index contributed by atoms with van der Waals surface area (Å²) in [6, 6.07) is 13.9. The quantitative estimate of drug-likeness (QED) is 0.750. The first-order chi connectivity index (χ1) is 12.8. The fourth-order valence-electron chi connectivity index (χ4n) is 2.33. The summed E-state index contributed by atoms with van der Waals surface area (Å²) in [5.41, 5.74) is -0.0573. The van der Waals surface area contributed by atoms with Crippen molar-refractivity contribution in [1.82, 2.24) is 5.32 Å². The zero-order chi connectivity index (χ0) is 19.9. The molecule has 27 heavy (non-hydrogen) atoms. The summed E-state index contributed by atoms with van der Waals surface area (Å²) in [5, 5.41) is 2.67. The van der Waals surface area contributed by atoms with E-state index in [0.29, 0.717) is 5.56 Å². The average molecular weight is 373 g/mol. The molecule has 0 aliphatic rings. The molecule has 1 amide bonds. The van der Waals surface area contributed by atoms with Crippen molar-refractivity contribution in [2.24, 2.45) is 0 Å². The van der Waals surface area contributed by atoms with Gasteiger partial charge in [0.05, 0.1) is 13.0 Å². The number of halogens is 1. The first-order valence-corrected chi connectivity index (χ1v) is 8.71. The molecule has 6 heteroatoms. The molecule has 0 aliphatic carbocycles. The molecule has 0 fully saturated rings. The maximum absolute atomic E-state index is 13.5. The average Bonchev–Trinajstić information content (AvgIpc) is 2.60. The molecular formula is C21H24FNO4. The zero-order valence-corrected chi connectivity index (χ0v) is 15.7. The molecule has 0 aromatic heterocycles. The summed E-state index contributed by atoms with van der Waals surface area (Å²) in [6.45, 7) is 5.27. The number of carbonyl (C=O) groups is 2. The molecule has 0 saturated heterocycles. The number of benzene rings is 2. The second kappa shape index (κ2) is 9.16. The van der Waals surface area contributed by atoms with Crippen molar-refractivity contribution in [3.05, 3.63) is 66.0 Å². The Bertz CT molecular complexity index is 771. The molecule has 0 saturated carbocycles. The molecule has 0 spiro atoms. The summed E-state index contributed by atoms with van der Waals surface area (Å²) >= 11 is 0. The Hall–Kier alpha value is -2.89. The van der Waals surface area contributed by atoms with Crippen LogP contribution >= 0.6 is 0 Å². The van der Waals surface area contributed by atoms with Crippen LogP contribution in [-0.4, -0.2) is 24.1 Å². The lowest BCUT2D eigenvalue weighted by atomic mass is 10.1. The van der Waals surface area contributed by atoms with Crippen LogP contribution in [0.25, 0.3) is 0 Å². The molecule has 2 aromatic carbocycles. The Morgan fingerprint density at radius 3 is 2.30 bits per heavy atom. The van der Waals surface area contributed by atoms with Gasteiger partial charge in [-0.25, -0.2) is 9.18 Å². The largest absolute Gasteiger partial charge is 0.490 e. The van der Waals surface area contributed by atoms with Gasteiger partial charge in [-0.3, -0.25) is 4.79 Å². The van der Waals surface area contributed by atoms with Gasteiger partial charge in [0.15, 0.2) is 17.6 Å². The Kier molecular flexibility index (Phi) is 6.93. The van der Waals surface area contributed by atoms with Gasteiger partial charge in [0.2, 0.25) is 5.91 Å². The molecule has 1 atom stereocenters. The second-order valence-electron chi connectivity index (χ2n) is 6.97. The van der Waals surface area contributed by atoms with Gasteiger partial charge in [-0.05, 0) is 38.5 Å². The van der Waals surface area contributed by atoms with Gasteiger partial charge in [0, 0.05) is 0 Å². The van der Waals surface area contributed by atoms with Crippen molar-refractivity contribution in [3.8, 4) is 5.75 Å². The van der Waals surface area contributed by atoms with E-state index in [0.717, 1.165) is 0 Å². The van der Waals surface area contributed by atoms with Gasteiger partial charge in [0.1, 0.15) is 5.60 Å². The number of ether oxygens (including phenoxy) is 2. The molecule has 144 valence electrons. The predicted molar refractivity (Wildman–Crippen MR) is 99.7 cm³/mol. The Morgan fingerprint density at radius 1 is 1.04 bits per heavy atom. The summed E-state index contributed by atoms with van der Waals surface area (Å²) in [4.78, 5) is 24.8. The van der Waals surface area contributed by atoms with E-state index in [1.54, 1.807) is 57.2 Å². The van der Waals surface area contributed by atoms with Crippen LogP contribution in [0, 0.1) is 5.82 Å². The first-order valence-electron chi connectivity index (χ1n) is 8.71. The van der Waals surface area contributed by atoms with Crippen molar-refractivity contribution in [2.45, 2.75) is 38.8 Å². The van der Waals surface area contributed by atoms with Crippen LogP contribution in [0.3, 0.4) is 0 Å². The van der Waals surface area contributed by atoms with Crippen molar-refractivity contribution in [2.75, 3.05) is 6.61 Å². The van der Waals surface area contributed by atoms with E-state index in [9.17, 15) is 14.0 Å². The van der Waals surface area contributed by atoms with Gasteiger partial charge in [-0.2, -0.15) is 0 Å². The fourth-order valence-corrected chi connectivity index (χ4v) is 2.33. The molecule has 2 rings (SSSR count). The second-order valence-corrected chi connectivity index (χ2v) is 6.97. The Morgan fingerprint density at radius 2 is 1.67 bits per heavy atom. The number of rotatable bonds is 7. The fraction of sp³-hybridized carbons (Fsp3) is 0.333. The molecule has 0 bridgehead atoms. The highest BCUT2D eigenvalue weighted by Gasteiger charge is 2.28. The van der Waals surface area contributed by atoms with Crippen LogP contribution in [0.2, 0.25) is 0 Å². The SMILES string of the molecule is CC(C)(C)OC(=O)[C@@H](NC(=O)CCOc1ccccc1F)c1ccccc1. The Balaban J connectivity index is 1.98. The third kappa shape index (κ3) is 6.73. The van der Waals surface area contributed by atoms with E-state index in [1.807, 2.05) is 6.07 Å². The number of carbonyl (C=O) groups excluding carboxylic acids is 2. The lowest BCUT2D eigenvalue weighted by Gasteiger charge is -2.25. The van der Waals surface area contributed by atoms with Crippen molar-refractivity contribution in [3.63, 3.8) is 0 Å². The molecule has 0 radical (unpaired) electrons. The third-order valence-electron chi connectivity index (χ3n) is 3.50. The van der Waals surface area contributed by atoms with E-state index in [4.69, 9.17) is 9.47 Å². The number of esters is 1.